The van der Waals surface area contributed by atoms with Crippen molar-refractivity contribution in [3.8, 4) is 17.4 Å². The van der Waals surface area contributed by atoms with E-state index in [1.165, 1.54) is 44.2 Å². The molecule has 5 aromatic rings. The lowest BCUT2D eigenvalue weighted by molar-refractivity contribution is -0.384. The minimum Gasteiger partial charge on any atom is -0.475 e. The monoisotopic (exact) mass is 952 g/mol. The van der Waals surface area contributed by atoms with Crippen LogP contribution in [0, 0.1) is 21.3 Å². The summed E-state index contributed by atoms with van der Waals surface area (Å²) in [6.45, 7) is 9.55. The first-order valence-electron chi connectivity index (χ1n) is 24.0. The van der Waals surface area contributed by atoms with E-state index in [4.69, 9.17) is 9.47 Å². The van der Waals surface area contributed by atoms with E-state index in [-0.39, 0.29) is 51.8 Å². The number of fused-ring (bicyclic) bond motifs is 1. The summed E-state index contributed by atoms with van der Waals surface area (Å²) in [6, 6.07) is 16.8. The number of aliphatic hydroxyl groups is 1. The van der Waals surface area contributed by atoms with Gasteiger partial charge in [-0.15, -0.1) is 0 Å². The predicted octanol–water partition coefficient (Wildman–Crippen LogP) is 9.17. The minimum absolute atomic E-state index is 0.00249. The Morgan fingerprint density at radius 1 is 1.04 bits per heavy atom. The number of piperidine rings is 1. The summed E-state index contributed by atoms with van der Waals surface area (Å²) >= 11 is 0. The van der Waals surface area contributed by atoms with Crippen LogP contribution in [0.5, 0.6) is 17.4 Å². The number of unbranched alkanes of at least 4 members (excludes halogenated alkanes) is 1. The topological polar surface area (TPSA) is 205 Å². The molecule has 16 nitrogen and oxygen atoms in total. The fraction of sp³-hybridized carbons (Fsp3) is 0.500. The number of carbonyl (C=O) groups excluding carboxylic acids is 1. The quantitative estimate of drug-likeness (QED) is 0.0347. The third-order valence-electron chi connectivity index (χ3n) is 14.7. The van der Waals surface area contributed by atoms with E-state index < -0.39 is 42.9 Å². The molecule has 1 amide bonds. The molecule has 3 atom stereocenters. The molecular formula is C50H61FN8O8S. The van der Waals surface area contributed by atoms with Crippen LogP contribution in [0.1, 0.15) is 125 Å². The number of nitro groups is 1. The number of rotatable bonds is 19. The van der Waals surface area contributed by atoms with Gasteiger partial charge in [0.25, 0.3) is 21.8 Å². The van der Waals surface area contributed by atoms with E-state index in [0.29, 0.717) is 44.2 Å². The number of nitrogens with zero attached hydrogens (tertiary/aromatic N) is 5. The second kappa shape index (κ2) is 19.3. The second-order valence-electron chi connectivity index (χ2n) is 19.4. The number of carbonyl (C=O) groups is 1. The van der Waals surface area contributed by atoms with Crippen LogP contribution in [0.2, 0.25) is 0 Å². The summed E-state index contributed by atoms with van der Waals surface area (Å²) < 4.78 is 56.6. The number of halogens is 1. The lowest BCUT2D eigenvalue weighted by Gasteiger charge is -2.57. The zero-order valence-electron chi connectivity index (χ0n) is 38.9. The molecule has 362 valence electrons. The van der Waals surface area contributed by atoms with Gasteiger partial charge in [-0.3, -0.25) is 19.8 Å². The third kappa shape index (κ3) is 9.99. The van der Waals surface area contributed by atoms with E-state index in [0.717, 1.165) is 69.1 Å². The van der Waals surface area contributed by atoms with Crippen LogP contribution in [0.4, 0.5) is 21.6 Å². The third-order valence-corrected chi connectivity index (χ3v) is 16.0. The lowest BCUT2D eigenvalue weighted by Crippen LogP contribution is -2.63. The van der Waals surface area contributed by atoms with Crippen LogP contribution >= 0.6 is 0 Å². The molecule has 2 saturated carbocycles. The molecule has 2 saturated heterocycles. The van der Waals surface area contributed by atoms with Gasteiger partial charge in [0, 0.05) is 68.8 Å². The number of sulfonamides is 1. The van der Waals surface area contributed by atoms with Crippen LogP contribution in [0.3, 0.4) is 0 Å². The number of amides is 1. The van der Waals surface area contributed by atoms with E-state index in [2.05, 4.69) is 54.3 Å². The summed E-state index contributed by atoms with van der Waals surface area (Å²) in [6.07, 6.45) is 12.8. The number of H-pyrrole nitrogens is 1. The number of benzene rings is 2. The molecule has 2 aliphatic carbocycles. The van der Waals surface area contributed by atoms with Crippen LogP contribution in [0.15, 0.2) is 71.9 Å². The fourth-order valence-corrected chi connectivity index (χ4v) is 11.4. The molecule has 4 N–H and O–H groups in total. The average Bonchev–Trinajstić information content (AvgIpc) is 3.95. The maximum Gasteiger partial charge on any atom is 0.312 e. The smallest absolute Gasteiger partial charge is 0.312 e. The van der Waals surface area contributed by atoms with Gasteiger partial charge >= 0.3 is 5.69 Å². The van der Waals surface area contributed by atoms with Crippen LogP contribution in [0.25, 0.3) is 11.0 Å². The average molecular weight is 953 g/mol. The van der Waals surface area contributed by atoms with Gasteiger partial charge in [0.15, 0.2) is 5.75 Å². The fourth-order valence-electron chi connectivity index (χ4n) is 10.5. The molecular weight excluding hydrogens is 892 g/mol. The van der Waals surface area contributed by atoms with Crippen LogP contribution in [-0.4, -0.2) is 95.2 Å². The molecule has 68 heavy (non-hydrogen) atoms. The van der Waals surface area contributed by atoms with Crippen molar-refractivity contribution in [1.82, 2.24) is 24.6 Å². The summed E-state index contributed by atoms with van der Waals surface area (Å²) in [5.74, 6) is -0.480. The van der Waals surface area contributed by atoms with Gasteiger partial charge < -0.3 is 29.8 Å². The van der Waals surface area contributed by atoms with E-state index in [1.54, 1.807) is 37.1 Å². The molecule has 9 rings (SSSR count). The molecule has 0 unspecified atom stereocenters. The van der Waals surface area contributed by atoms with Gasteiger partial charge in [0.1, 0.15) is 22.1 Å². The van der Waals surface area contributed by atoms with Crippen LogP contribution < -0.4 is 24.4 Å². The molecule has 4 fully saturated rings. The highest BCUT2D eigenvalue weighted by atomic mass is 32.2. The number of aromatic amines is 1. The number of anilines is 2. The second-order valence-corrected chi connectivity index (χ2v) is 21.1. The Morgan fingerprint density at radius 3 is 2.53 bits per heavy atom. The van der Waals surface area contributed by atoms with Crippen molar-refractivity contribution >= 4 is 44.2 Å². The van der Waals surface area contributed by atoms with Gasteiger partial charge in [0.2, 0.25) is 5.82 Å². The predicted molar refractivity (Wildman–Crippen MR) is 257 cm³/mol. The molecule has 1 spiro atoms. The lowest BCUT2D eigenvalue weighted by atomic mass is 9.70. The van der Waals surface area contributed by atoms with Crippen molar-refractivity contribution in [1.29, 1.82) is 0 Å². The normalized spacial score (nSPS) is 20.2. The van der Waals surface area contributed by atoms with Gasteiger partial charge in [0.05, 0.1) is 34.3 Å². The molecule has 0 radical (unpaired) electrons. The van der Waals surface area contributed by atoms with E-state index in [9.17, 15) is 32.8 Å². The molecule has 18 heteroatoms. The van der Waals surface area contributed by atoms with Crippen molar-refractivity contribution in [2.45, 2.75) is 120 Å². The summed E-state index contributed by atoms with van der Waals surface area (Å²) in [5, 5.41) is 25.4. The molecule has 3 aromatic heterocycles. The van der Waals surface area contributed by atoms with E-state index >= 15 is 0 Å². The van der Waals surface area contributed by atoms with Gasteiger partial charge in [-0.1, -0.05) is 37.6 Å². The molecule has 2 aliphatic heterocycles. The highest BCUT2D eigenvalue weighted by Gasteiger charge is 2.50. The highest BCUT2D eigenvalue weighted by Crippen LogP contribution is 2.51. The number of likely N-dealkylation sites (tertiary alicyclic amines) is 1. The standard InChI is InChI=1S/C50H61FN8O8S/c1-4-49(3,61)19-8-9-22-52-46-42(59(62)63)26-34(28-53-46)68(64,65)56-47(60)38-18-17-33(25-43(38)67-44-27-39-40(51)29-54-45(39)55-48(44)66-5-2)57-23-20-50(21-24-57)30-58(31-50)41-14-10-13-37(41)36-12-7-6-11-35(36)32-15-16-32/h6-7,11-12,17-18,25-29,32,37,41,61H,4-5,8-10,13-16,19-24,30-31H2,1-3H3,(H,52,53)(H,54,55)(H,56,60)/t37-,41-,49+/m0/s1. The Hall–Kier alpha value is -5.85. The Bertz CT molecular complexity index is 2780. The Balaban J connectivity index is 0.922. The summed E-state index contributed by atoms with van der Waals surface area (Å²) in [4.78, 5) is 41.1. The van der Waals surface area contributed by atoms with Crippen molar-refractivity contribution in [2.24, 2.45) is 5.41 Å². The van der Waals surface area contributed by atoms with Crippen molar-refractivity contribution in [3.63, 3.8) is 0 Å². The number of hydrogen-bond acceptors (Lipinski definition) is 13. The number of pyridine rings is 2. The largest absolute Gasteiger partial charge is 0.475 e. The Kier molecular flexibility index (Phi) is 13.4. The van der Waals surface area contributed by atoms with Gasteiger partial charge in [-0.2, -0.15) is 4.98 Å². The van der Waals surface area contributed by atoms with Crippen molar-refractivity contribution < 1.29 is 37.1 Å². The van der Waals surface area contributed by atoms with E-state index in [1.807, 2.05) is 11.6 Å². The maximum atomic E-state index is 14.9. The van der Waals surface area contributed by atoms with Gasteiger partial charge in [-0.05, 0) is 119 Å². The summed E-state index contributed by atoms with van der Waals surface area (Å²) in [7, 11) is -4.72. The number of ether oxygens (including phenoxy) is 2. The number of nitrogens with one attached hydrogen (secondary N) is 3. The van der Waals surface area contributed by atoms with Crippen molar-refractivity contribution in [3.05, 3.63) is 99.6 Å². The number of aromatic nitrogens is 3. The number of hydrogen-bond donors (Lipinski definition) is 4. The highest BCUT2D eigenvalue weighted by molar-refractivity contribution is 7.90. The van der Waals surface area contributed by atoms with Crippen molar-refractivity contribution in [2.75, 3.05) is 49.5 Å². The zero-order valence-corrected chi connectivity index (χ0v) is 39.7. The molecule has 5 heterocycles. The first kappa shape index (κ1) is 47.2. The first-order chi connectivity index (χ1) is 32.7. The first-order valence-corrected chi connectivity index (χ1v) is 25.5. The summed E-state index contributed by atoms with van der Waals surface area (Å²) in [5.41, 5.74) is 2.75. The van der Waals surface area contributed by atoms with Gasteiger partial charge in [-0.25, -0.2) is 22.5 Å². The molecule has 2 aromatic carbocycles. The van der Waals surface area contributed by atoms with Crippen LogP contribution in [-0.2, 0) is 10.0 Å². The molecule has 4 aliphatic rings. The maximum absolute atomic E-state index is 14.9. The SMILES string of the molecule is CCOc1nc2[nH]cc(F)c2cc1Oc1cc(N2CCC3(CC2)CN([C@H]2CCC[C@H]2c2ccccc2C2CC2)C3)ccc1C(=O)NS(=O)(=O)c1cnc(NCCCC[C@](C)(O)CC)c([N+](=O)[O-])c1. The molecule has 0 bridgehead atoms. The minimum atomic E-state index is -4.72. The zero-order chi connectivity index (χ0) is 47.8. The Morgan fingerprint density at radius 2 is 1.81 bits per heavy atom. The Labute approximate surface area is 396 Å².